The van der Waals surface area contributed by atoms with E-state index in [1.54, 1.807) is 7.05 Å². The molecule has 0 aliphatic carbocycles. The van der Waals surface area contributed by atoms with Crippen LogP contribution in [0.25, 0.3) is 0 Å². The van der Waals surface area contributed by atoms with Gasteiger partial charge in [-0.2, -0.15) is 13.2 Å². The summed E-state index contributed by atoms with van der Waals surface area (Å²) in [5.41, 5.74) is 1.62. The molecule has 5 nitrogen and oxygen atoms in total. The Morgan fingerprint density at radius 1 is 1.23 bits per heavy atom. The van der Waals surface area contributed by atoms with Gasteiger partial charge in [0.1, 0.15) is 5.01 Å². The highest BCUT2D eigenvalue weighted by molar-refractivity contribution is 14.0. The van der Waals surface area contributed by atoms with Crippen LogP contribution in [-0.4, -0.2) is 36.0 Å². The lowest BCUT2D eigenvalue weighted by Crippen LogP contribution is -2.37. The molecule has 2 aromatic rings. The number of hydrogen-bond acceptors (Lipinski definition) is 4. The van der Waals surface area contributed by atoms with Crippen molar-refractivity contribution in [2.75, 3.05) is 20.1 Å². The molecule has 1 atom stereocenters. The number of halogens is 4. The third kappa shape index (κ3) is 7.90. The van der Waals surface area contributed by atoms with E-state index in [4.69, 9.17) is 0 Å². The van der Waals surface area contributed by atoms with Gasteiger partial charge < -0.3 is 10.6 Å². The van der Waals surface area contributed by atoms with Crippen molar-refractivity contribution in [3.05, 3.63) is 51.5 Å². The summed E-state index contributed by atoms with van der Waals surface area (Å²) in [6.45, 7) is 6.25. The standard InChI is InChI=1S/C21H28F3N5S.HI/c1-15-6-5-9-29(12-15)13-17-8-4-3-7-16(17)10-26-20(25-2)27-11-19-28-18(14-30-19)21(22,23)24;/h3-4,7-8,14-15H,5-6,9-13H2,1-2H3,(H2,25,26,27);1H. The number of piperidine rings is 1. The maximum atomic E-state index is 12.7. The van der Waals surface area contributed by atoms with Crippen molar-refractivity contribution in [1.82, 2.24) is 20.5 Å². The topological polar surface area (TPSA) is 52.6 Å². The van der Waals surface area contributed by atoms with E-state index in [0.717, 1.165) is 42.3 Å². The predicted molar refractivity (Wildman–Crippen MR) is 130 cm³/mol. The number of aromatic nitrogens is 1. The highest BCUT2D eigenvalue weighted by Gasteiger charge is 2.33. The van der Waals surface area contributed by atoms with Gasteiger partial charge in [-0.15, -0.1) is 35.3 Å². The first-order valence-corrected chi connectivity index (χ1v) is 11.0. The fourth-order valence-corrected chi connectivity index (χ4v) is 4.38. The molecule has 1 saturated heterocycles. The molecule has 1 aromatic carbocycles. The first-order chi connectivity index (χ1) is 14.3. The molecule has 1 aromatic heterocycles. The molecule has 0 spiro atoms. The van der Waals surface area contributed by atoms with Crippen LogP contribution in [0.2, 0.25) is 0 Å². The molecule has 1 aliphatic heterocycles. The molecule has 10 heteroatoms. The molecule has 0 amide bonds. The van der Waals surface area contributed by atoms with Gasteiger partial charge in [-0.1, -0.05) is 31.2 Å². The minimum Gasteiger partial charge on any atom is -0.352 e. The zero-order valence-corrected chi connectivity index (χ0v) is 20.9. The lowest BCUT2D eigenvalue weighted by molar-refractivity contribution is -0.140. The molecule has 1 fully saturated rings. The predicted octanol–water partition coefficient (Wildman–Crippen LogP) is 4.88. The highest BCUT2D eigenvalue weighted by atomic mass is 127. The third-order valence-corrected chi connectivity index (χ3v) is 6.02. The van der Waals surface area contributed by atoms with Crippen molar-refractivity contribution in [3.8, 4) is 0 Å². The highest BCUT2D eigenvalue weighted by Crippen LogP contribution is 2.29. The number of hydrogen-bond donors (Lipinski definition) is 2. The van der Waals surface area contributed by atoms with Crippen LogP contribution in [0, 0.1) is 5.92 Å². The van der Waals surface area contributed by atoms with Crippen molar-refractivity contribution in [2.24, 2.45) is 10.9 Å². The van der Waals surface area contributed by atoms with Crippen molar-refractivity contribution in [1.29, 1.82) is 0 Å². The van der Waals surface area contributed by atoms with Gasteiger partial charge in [0.25, 0.3) is 0 Å². The second kappa shape index (κ2) is 12.0. The quantitative estimate of drug-likeness (QED) is 0.297. The molecular weight excluding hydrogens is 538 g/mol. The number of thiazole rings is 1. The fourth-order valence-electron chi connectivity index (χ4n) is 3.64. The molecule has 0 saturated carbocycles. The molecule has 1 unspecified atom stereocenters. The molecule has 172 valence electrons. The van der Waals surface area contributed by atoms with Gasteiger partial charge in [0.05, 0.1) is 6.54 Å². The molecule has 2 N–H and O–H groups in total. The van der Waals surface area contributed by atoms with E-state index in [2.05, 4.69) is 50.6 Å². The zero-order valence-electron chi connectivity index (χ0n) is 17.7. The Kier molecular flexibility index (Phi) is 10.0. The van der Waals surface area contributed by atoms with Crippen LogP contribution in [0.5, 0.6) is 0 Å². The van der Waals surface area contributed by atoms with E-state index in [1.807, 2.05) is 6.07 Å². The van der Waals surface area contributed by atoms with Crippen molar-refractivity contribution >= 4 is 41.3 Å². The Labute approximate surface area is 202 Å². The fraction of sp³-hybridized carbons (Fsp3) is 0.524. The van der Waals surface area contributed by atoms with Crippen LogP contribution in [0.15, 0.2) is 34.6 Å². The van der Waals surface area contributed by atoms with Crippen molar-refractivity contribution in [3.63, 3.8) is 0 Å². The minimum absolute atomic E-state index is 0. The van der Waals surface area contributed by atoms with Gasteiger partial charge in [0.15, 0.2) is 11.7 Å². The number of likely N-dealkylation sites (tertiary alicyclic amines) is 1. The first-order valence-electron chi connectivity index (χ1n) is 10.1. The first kappa shape index (κ1) is 25.9. The molecule has 31 heavy (non-hydrogen) atoms. The van der Waals surface area contributed by atoms with Crippen LogP contribution in [0.4, 0.5) is 13.2 Å². The molecule has 3 rings (SSSR count). The number of nitrogens with one attached hydrogen (secondary N) is 2. The average molecular weight is 567 g/mol. The van der Waals surface area contributed by atoms with Crippen molar-refractivity contribution in [2.45, 2.75) is 45.6 Å². The number of alkyl halides is 3. The SMILES string of the molecule is CN=C(NCc1nc(C(F)(F)F)cs1)NCc1ccccc1CN1CCCC(C)C1.I. The largest absolute Gasteiger partial charge is 0.434 e. The van der Waals surface area contributed by atoms with E-state index in [9.17, 15) is 13.2 Å². The van der Waals surface area contributed by atoms with E-state index < -0.39 is 11.9 Å². The van der Waals surface area contributed by atoms with Crippen molar-refractivity contribution < 1.29 is 13.2 Å². The maximum absolute atomic E-state index is 12.7. The van der Waals surface area contributed by atoms with E-state index in [0.29, 0.717) is 17.5 Å². The smallest absolute Gasteiger partial charge is 0.352 e. The molecule has 2 heterocycles. The van der Waals surface area contributed by atoms with Gasteiger partial charge in [-0.25, -0.2) is 4.98 Å². The lowest BCUT2D eigenvalue weighted by Gasteiger charge is -2.31. The second-order valence-electron chi connectivity index (χ2n) is 7.65. The number of aliphatic imine (C=N–C) groups is 1. The number of rotatable bonds is 6. The number of guanidine groups is 1. The maximum Gasteiger partial charge on any atom is 0.434 e. The molecule has 1 aliphatic rings. The van der Waals surface area contributed by atoms with Gasteiger partial charge in [-0.05, 0) is 36.4 Å². The monoisotopic (exact) mass is 567 g/mol. The summed E-state index contributed by atoms with van der Waals surface area (Å²) >= 11 is 0.983. The lowest BCUT2D eigenvalue weighted by atomic mass is 9.99. The summed E-state index contributed by atoms with van der Waals surface area (Å²) in [4.78, 5) is 10.3. The Bertz CT molecular complexity index is 856. The van der Waals surface area contributed by atoms with E-state index in [1.165, 1.54) is 24.0 Å². The summed E-state index contributed by atoms with van der Waals surface area (Å²) in [6, 6.07) is 8.32. The summed E-state index contributed by atoms with van der Waals surface area (Å²) in [6.07, 6.45) is -1.87. The Morgan fingerprint density at radius 3 is 2.58 bits per heavy atom. The molecule has 0 radical (unpaired) electrons. The molecule has 0 bridgehead atoms. The van der Waals surface area contributed by atoms with Crippen LogP contribution in [-0.2, 0) is 25.8 Å². The average Bonchev–Trinajstić information content (AvgIpc) is 3.19. The van der Waals surface area contributed by atoms with E-state index >= 15 is 0 Å². The van der Waals surface area contributed by atoms with Crippen LogP contribution >= 0.6 is 35.3 Å². The normalized spacial score (nSPS) is 17.8. The number of nitrogens with zero attached hydrogens (tertiary/aromatic N) is 3. The Balaban J connectivity index is 0.00000341. The number of benzene rings is 1. The zero-order chi connectivity index (χ0) is 21.6. The van der Waals surface area contributed by atoms with Crippen LogP contribution < -0.4 is 10.6 Å². The Hall–Kier alpha value is -1.40. The third-order valence-electron chi connectivity index (χ3n) is 5.17. The Morgan fingerprint density at radius 2 is 1.94 bits per heavy atom. The van der Waals surface area contributed by atoms with Gasteiger partial charge >= 0.3 is 6.18 Å². The second-order valence-corrected chi connectivity index (χ2v) is 8.60. The summed E-state index contributed by atoms with van der Waals surface area (Å²) in [7, 11) is 1.64. The minimum atomic E-state index is -4.41. The van der Waals surface area contributed by atoms with Gasteiger partial charge in [-0.3, -0.25) is 9.89 Å². The van der Waals surface area contributed by atoms with E-state index in [-0.39, 0.29) is 30.5 Å². The van der Waals surface area contributed by atoms with Crippen LogP contribution in [0.1, 0.15) is 41.6 Å². The summed E-state index contributed by atoms with van der Waals surface area (Å²) in [5, 5.41) is 7.69. The van der Waals surface area contributed by atoms with Crippen LogP contribution in [0.3, 0.4) is 0 Å². The van der Waals surface area contributed by atoms with Gasteiger partial charge in [0, 0.05) is 32.1 Å². The summed E-state index contributed by atoms with van der Waals surface area (Å²) in [5.74, 6) is 1.26. The molecular formula is C21H29F3IN5S. The van der Waals surface area contributed by atoms with Gasteiger partial charge in [0.2, 0.25) is 0 Å². The summed E-state index contributed by atoms with van der Waals surface area (Å²) < 4.78 is 38.1.